The highest BCUT2D eigenvalue weighted by Crippen LogP contribution is 2.05. The molecule has 11 heavy (non-hydrogen) atoms. The van der Waals surface area contributed by atoms with E-state index in [4.69, 9.17) is 5.73 Å². The predicted octanol–water partition coefficient (Wildman–Crippen LogP) is 1.23. The van der Waals surface area contributed by atoms with Crippen LogP contribution in [0.3, 0.4) is 0 Å². The summed E-state index contributed by atoms with van der Waals surface area (Å²) in [5.74, 6) is 0. The van der Waals surface area contributed by atoms with Crippen molar-refractivity contribution in [2.45, 2.75) is 6.42 Å². The summed E-state index contributed by atoms with van der Waals surface area (Å²) >= 11 is 0. The Labute approximate surface area is 66.8 Å². The van der Waals surface area contributed by atoms with Gasteiger partial charge in [0, 0.05) is 6.20 Å². The van der Waals surface area contributed by atoms with Gasteiger partial charge in [0.1, 0.15) is 0 Å². The fourth-order valence-corrected chi connectivity index (χ4v) is 1.00. The highest BCUT2D eigenvalue weighted by atomic mass is 14.7. The number of nitrogens with zero attached hydrogens (tertiary/aromatic N) is 1. The van der Waals surface area contributed by atoms with E-state index in [0.29, 0.717) is 6.54 Å². The van der Waals surface area contributed by atoms with E-state index >= 15 is 0 Å². The third kappa shape index (κ3) is 1.88. The Hall–Kier alpha value is -1.15. The van der Waals surface area contributed by atoms with E-state index in [1.807, 2.05) is 12.1 Å². The largest absolute Gasteiger partial charge is 0.330 e. The van der Waals surface area contributed by atoms with Crippen LogP contribution < -0.4 is 5.73 Å². The average molecular weight is 148 g/mol. The van der Waals surface area contributed by atoms with E-state index in [1.54, 1.807) is 12.3 Å². The number of rotatable bonds is 3. The standard InChI is InChI=1S/C9H12N2/c1-2-9-8(5-6-10)4-3-7-11-9/h2-4,7H,1,5-6,10H2. The molecule has 0 aliphatic rings. The van der Waals surface area contributed by atoms with Crippen LogP contribution in [0.2, 0.25) is 0 Å². The van der Waals surface area contributed by atoms with Crippen LogP contribution in [-0.4, -0.2) is 11.5 Å². The molecule has 2 N–H and O–H groups in total. The van der Waals surface area contributed by atoms with E-state index < -0.39 is 0 Å². The Morgan fingerprint density at radius 2 is 2.45 bits per heavy atom. The number of hydrogen-bond acceptors (Lipinski definition) is 2. The predicted molar refractivity (Wildman–Crippen MR) is 47.1 cm³/mol. The zero-order chi connectivity index (χ0) is 8.10. The summed E-state index contributed by atoms with van der Waals surface area (Å²) in [7, 11) is 0. The van der Waals surface area contributed by atoms with Crippen molar-refractivity contribution in [3.63, 3.8) is 0 Å². The first-order valence-corrected chi connectivity index (χ1v) is 3.65. The van der Waals surface area contributed by atoms with Crippen molar-refractivity contribution in [3.8, 4) is 0 Å². The Morgan fingerprint density at radius 3 is 3.09 bits per heavy atom. The molecular weight excluding hydrogens is 136 g/mol. The van der Waals surface area contributed by atoms with Gasteiger partial charge in [-0.15, -0.1) is 0 Å². The molecule has 0 fully saturated rings. The quantitative estimate of drug-likeness (QED) is 0.700. The first-order valence-electron chi connectivity index (χ1n) is 3.65. The number of aromatic nitrogens is 1. The molecule has 0 unspecified atom stereocenters. The number of nitrogens with two attached hydrogens (primary N) is 1. The van der Waals surface area contributed by atoms with Gasteiger partial charge in [0.15, 0.2) is 0 Å². The van der Waals surface area contributed by atoms with Crippen molar-refractivity contribution in [1.82, 2.24) is 4.98 Å². The minimum atomic E-state index is 0.659. The van der Waals surface area contributed by atoms with Gasteiger partial charge in [0.25, 0.3) is 0 Å². The van der Waals surface area contributed by atoms with Crippen molar-refractivity contribution in [3.05, 3.63) is 36.2 Å². The van der Waals surface area contributed by atoms with Crippen LogP contribution in [0.4, 0.5) is 0 Å². The fraction of sp³-hybridized carbons (Fsp3) is 0.222. The van der Waals surface area contributed by atoms with E-state index in [2.05, 4.69) is 11.6 Å². The molecule has 2 heteroatoms. The molecule has 1 aromatic rings. The van der Waals surface area contributed by atoms with Crippen molar-refractivity contribution < 1.29 is 0 Å². The zero-order valence-corrected chi connectivity index (χ0v) is 6.46. The summed E-state index contributed by atoms with van der Waals surface area (Å²) in [6.07, 6.45) is 4.39. The monoisotopic (exact) mass is 148 g/mol. The van der Waals surface area contributed by atoms with Crippen molar-refractivity contribution in [2.75, 3.05) is 6.54 Å². The molecule has 0 saturated carbocycles. The topological polar surface area (TPSA) is 38.9 Å². The van der Waals surface area contributed by atoms with Crippen LogP contribution in [0.5, 0.6) is 0 Å². The number of pyridine rings is 1. The maximum absolute atomic E-state index is 5.42. The molecule has 0 aliphatic heterocycles. The molecular formula is C9H12N2. The molecule has 1 rings (SSSR count). The highest BCUT2D eigenvalue weighted by molar-refractivity contribution is 5.46. The summed E-state index contributed by atoms with van der Waals surface area (Å²) in [5.41, 5.74) is 7.54. The average Bonchev–Trinajstić information content (AvgIpc) is 2.06. The molecule has 0 saturated heterocycles. The second-order valence-electron chi connectivity index (χ2n) is 2.29. The molecule has 0 aliphatic carbocycles. The van der Waals surface area contributed by atoms with Crippen LogP contribution in [0.25, 0.3) is 6.08 Å². The highest BCUT2D eigenvalue weighted by Gasteiger charge is 1.96. The van der Waals surface area contributed by atoms with Crippen molar-refractivity contribution >= 4 is 6.08 Å². The van der Waals surface area contributed by atoms with Crippen LogP contribution in [0.15, 0.2) is 24.9 Å². The lowest BCUT2D eigenvalue weighted by atomic mass is 10.1. The van der Waals surface area contributed by atoms with Crippen LogP contribution in [0, 0.1) is 0 Å². The molecule has 2 nitrogen and oxygen atoms in total. The maximum Gasteiger partial charge on any atom is 0.0656 e. The van der Waals surface area contributed by atoms with Gasteiger partial charge >= 0.3 is 0 Å². The van der Waals surface area contributed by atoms with Gasteiger partial charge in [-0.3, -0.25) is 4.98 Å². The molecule has 0 spiro atoms. The lowest BCUT2D eigenvalue weighted by Crippen LogP contribution is -2.04. The van der Waals surface area contributed by atoms with Gasteiger partial charge in [0.2, 0.25) is 0 Å². The van der Waals surface area contributed by atoms with E-state index in [1.165, 1.54) is 5.56 Å². The summed E-state index contributed by atoms with van der Waals surface area (Å²) in [5, 5.41) is 0. The van der Waals surface area contributed by atoms with Gasteiger partial charge in [-0.05, 0) is 30.7 Å². The van der Waals surface area contributed by atoms with Gasteiger partial charge < -0.3 is 5.73 Å². The molecule has 0 aromatic carbocycles. The van der Waals surface area contributed by atoms with E-state index in [-0.39, 0.29) is 0 Å². The van der Waals surface area contributed by atoms with Gasteiger partial charge in [-0.1, -0.05) is 12.6 Å². The summed E-state index contributed by atoms with van der Waals surface area (Å²) in [6, 6.07) is 3.94. The van der Waals surface area contributed by atoms with E-state index in [9.17, 15) is 0 Å². The molecule has 0 bridgehead atoms. The molecule has 0 atom stereocenters. The third-order valence-electron chi connectivity index (χ3n) is 1.53. The Kier molecular flexibility index (Phi) is 2.81. The minimum Gasteiger partial charge on any atom is -0.330 e. The lowest BCUT2D eigenvalue weighted by Gasteiger charge is -2.00. The SMILES string of the molecule is C=Cc1ncccc1CCN. The van der Waals surface area contributed by atoms with Gasteiger partial charge in [-0.2, -0.15) is 0 Å². The van der Waals surface area contributed by atoms with Crippen LogP contribution in [-0.2, 0) is 6.42 Å². The summed E-state index contributed by atoms with van der Waals surface area (Å²) in [6.45, 7) is 4.33. The molecule has 58 valence electrons. The Morgan fingerprint density at radius 1 is 1.64 bits per heavy atom. The van der Waals surface area contributed by atoms with Crippen molar-refractivity contribution in [2.24, 2.45) is 5.73 Å². The molecule has 1 heterocycles. The smallest absolute Gasteiger partial charge is 0.0656 e. The van der Waals surface area contributed by atoms with Crippen molar-refractivity contribution in [1.29, 1.82) is 0 Å². The van der Waals surface area contributed by atoms with Crippen LogP contribution >= 0.6 is 0 Å². The van der Waals surface area contributed by atoms with Gasteiger partial charge in [-0.25, -0.2) is 0 Å². The summed E-state index contributed by atoms with van der Waals surface area (Å²) < 4.78 is 0. The zero-order valence-electron chi connectivity index (χ0n) is 6.46. The Bertz CT molecular complexity index is 243. The second-order valence-corrected chi connectivity index (χ2v) is 2.29. The first kappa shape index (κ1) is 7.95. The first-order chi connectivity index (χ1) is 5.38. The fourth-order valence-electron chi connectivity index (χ4n) is 1.00. The normalized spacial score (nSPS) is 9.55. The summed E-state index contributed by atoms with van der Waals surface area (Å²) in [4.78, 5) is 4.14. The van der Waals surface area contributed by atoms with Gasteiger partial charge in [0.05, 0.1) is 5.69 Å². The van der Waals surface area contributed by atoms with E-state index in [0.717, 1.165) is 12.1 Å². The lowest BCUT2D eigenvalue weighted by molar-refractivity contribution is 0.954. The second kappa shape index (κ2) is 3.88. The molecule has 1 aromatic heterocycles. The molecule has 0 amide bonds. The maximum atomic E-state index is 5.42. The Balaban J connectivity index is 2.92. The third-order valence-corrected chi connectivity index (χ3v) is 1.53. The number of hydrogen-bond donors (Lipinski definition) is 1. The van der Waals surface area contributed by atoms with Crippen LogP contribution in [0.1, 0.15) is 11.3 Å². The molecule has 0 radical (unpaired) electrons. The minimum absolute atomic E-state index is 0.659.